The van der Waals surface area contributed by atoms with Crippen LogP contribution in [-0.4, -0.2) is 0 Å². The first kappa shape index (κ1) is 10.7. The summed E-state index contributed by atoms with van der Waals surface area (Å²) < 4.78 is 0. The minimum absolute atomic E-state index is 1.09. The van der Waals surface area contributed by atoms with Crippen molar-refractivity contribution >= 4 is 5.57 Å². The Kier molecular flexibility index (Phi) is 2.91. The molecule has 0 aromatic heterocycles. The van der Waals surface area contributed by atoms with Gasteiger partial charge in [-0.1, -0.05) is 66.2 Å². The van der Waals surface area contributed by atoms with Gasteiger partial charge in [-0.3, -0.25) is 0 Å². The van der Waals surface area contributed by atoms with Gasteiger partial charge in [0.05, 0.1) is 0 Å². The highest BCUT2D eigenvalue weighted by molar-refractivity contribution is 5.78. The van der Waals surface area contributed by atoms with Crippen LogP contribution in [0, 0.1) is 13.8 Å². The van der Waals surface area contributed by atoms with Crippen LogP contribution in [-0.2, 0) is 0 Å². The molecule has 0 nitrogen and oxygen atoms in total. The zero-order valence-electron chi connectivity index (χ0n) is 9.83. The van der Waals surface area contributed by atoms with E-state index in [1.54, 1.807) is 0 Å². The maximum Gasteiger partial charge on any atom is -0.0181 e. The molecule has 0 spiro atoms. The van der Waals surface area contributed by atoms with Gasteiger partial charge in [0.15, 0.2) is 0 Å². The predicted molar refractivity (Wildman–Crippen MR) is 70.5 cm³/mol. The third-order valence-electron chi connectivity index (χ3n) is 2.73. The number of aryl methyl sites for hydroxylation is 2. The van der Waals surface area contributed by atoms with Crippen molar-refractivity contribution in [3.8, 4) is 0 Å². The minimum atomic E-state index is 1.09. The number of hydrogen-bond donors (Lipinski definition) is 0. The van der Waals surface area contributed by atoms with Crippen molar-refractivity contribution in [2.45, 2.75) is 13.8 Å². The Hall–Kier alpha value is -1.82. The Morgan fingerprint density at radius 3 is 1.62 bits per heavy atom. The van der Waals surface area contributed by atoms with Crippen molar-refractivity contribution in [1.29, 1.82) is 0 Å². The van der Waals surface area contributed by atoms with Gasteiger partial charge >= 0.3 is 0 Å². The standard InChI is InChI=1S/C16H16/c1-12-6-4-8-15(10-12)14(3)16-9-5-7-13(2)11-16/h4-11H,3H2,1-2H3. The summed E-state index contributed by atoms with van der Waals surface area (Å²) >= 11 is 0. The Morgan fingerprint density at radius 2 is 1.25 bits per heavy atom. The van der Waals surface area contributed by atoms with E-state index in [4.69, 9.17) is 0 Å². The highest BCUT2D eigenvalue weighted by Gasteiger charge is 2.02. The molecule has 0 N–H and O–H groups in total. The number of rotatable bonds is 2. The SMILES string of the molecule is C=C(c1cccc(C)c1)c1cccc(C)c1. The van der Waals surface area contributed by atoms with Crippen molar-refractivity contribution in [3.63, 3.8) is 0 Å². The third-order valence-corrected chi connectivity index (χ3v) is 2.73. The predicted octanol–water partition coefficient (Wildman–Crippen LogP) is 4.36. The molecule has 0 radical (unpaired) electrons. The molecular weight excluding hydrogens is 192 g/mol. The van der Waals surface area contributed by atoms with Crippen molar-refractivity contribution in [1.82, 2.24) is 0 Å². The zero-order chi connectivity index (χ0) is 11.5. The van der Waals surface area contributed by atoms with E-state index in [1.807, 2.05) is 0 Å². The topological polar surface area (TPSA) is 0 Å². The van der Waals surface area contributed by atoms with Gasteiger partial charge in [-0.25, -0.2) is 0 Å². The maximum absolute atomic E-state index is 4.18. The molecule has 0 bridgehead atoms. The van der Waals surface area contributed by atoms with E-state index in [2.05, 4.69) is 69.0 Å². The molecule has 0 heteroatoms. The second-order valence-corrected chi connectivity index (χ2v) is 4.22. The summed E-state index contributed by atoms with van der Waals surface area (Å²) in [4.78, 5) is 0. The molecule has 0 unspecified atom stereocenters. The molecule has 0 saturated carbocycles. The fourth-order valence-electron chi connectivity index (χ4n) is 1.83. The van der Waals surface area contributed by atoms with Crippen molar-refractivity contribution in [2.24, 2.45) is 0 Å². The molecule has 2 aromatic rings. The molecule has 0 atom stereocenters. The van der Waals surface area contributed by atoms with E-state index in [-0.39, 0.29) is 0 Å². The van der Waals surface area contributed by atoms with Crippen LogP contribution in [0.4, 0.5) is 0 Å². The lowest BCUT2D eigenvalue weighted by atomic mass is 9.97. The van der Waals surface area contributed by atoms with Gasteiger partial charge in [0.1, 0.15) is 0 Å². The summed E-state index contributed by atoms with van der Waals surface area (Å²) in [6.07, 6.45) is 0. The van der Waals surface area contributed by atoms with E-state index in [0.29, 0.717) is 0 Å². The minimum Gasteiger partial charge on any atom is -0.0906 e. The van der Waals surface area contributed by atoms with E-state index < -0.39 is 0 Å². The first-order valence-electron chi connectivity index (χ1n) is 5.50. The van der Waals surface area contributed by atoms with Gasteiger partial charge < -0.3 is 0 Å². The van der Waals surface area contributed by atoms with Gasteiger partial charge in [-0.05, 0) is 30.5 Å². The fraction of sp³-hybridized carbons (Fsp3) is 0.125. The zero-order valence-corrected chi connectivity index (χ0v) is 9.83. The molecule has 0 aliphatic heterocycles. The van der Waals surface area contributed by atoms with E-state index >= 15 is 0 Å². The summed E-state index contributed by atoms with van der Waals surface area (Å²) in [6.45, 7) is 8.39. The molecule has 0 fully saturated rings. The average Bonchev–Trinajstić information content (AvgIpc) is 2.28. The summed E-state index contributed by atoms with van der Waals surface area (Å²) in [5.74, 6) is 0. The molecule has 0 heterocycles. The molecule has 0 aliphatic carbocycles. The van der Waals surface area contributed by atoms with Gasteiger partial charge in [0, 0.05) is 0 Å². The monoisotopic (exact) mass is 208 g/mol. The summed E-state index contributed by atoms with van der Waals surface area (Å²) in [7, 11) is 0. The fourth-order valence-corrected chi connectivity index (χ4v) is 1.83. The van der Waals surface area contributed by atoms with Crippen LogP contribution in [0.3, 0.4) is 0 Å². The summed E-state index contributed by atoms with van der Waals surface area (Å²) in [5, 5.41) is 0. The summed E-state index contributed by atoms with van der Waals surface area (Å²) in [6, 6.07) is 16.9. The molecular formula is C16H16. The first-order valence-corrected chi connectivity index (χ1v) is 5.50. The Bertz CT molecular complexity index is 474. The summed E-state index contributed by atoms with van der Waals surface area (Å²) in [5.41, 5.74) is 6.03. The third kappa shape index (κ3) is 2.22. The van der Waals surface area contributed by atoms with E-state index in [0.717, 1.165) is 5.57 Å². The molecule has 0 aliphatic rings. The van der Waals surface area contributed by atoms with Crippen LogP contribution < -0.4 is 0 Å². The Morgan fingerprint density at radius 1 is 0.812 bits per heavy atom. The largest absolute Gasteiger partial charge is 0.0906 e. The van der Waals surface area contributed by atoms with Crippen molar-refractivity contribution in [2.75, 3.05) is 0 Å². The van der Waals surface area contributed by atoms with E-state index in [9.17, 15) is 0 Å². The average molecular weight is 208 g/mol. The molecule has 2 aromatic carbocycles. The molecule has 0 amide bonds. The van der Waals surface area contributed by atoms with Crippen LogP contribution in [0.1, 0.15) is 22.3 Å². The second kappa shape index (κ2) is 4.36. The van der Waals surface area contributed by atoms with Gasteiger partial charge in [0.25, 0.3) is 0 Å². The Labute approximate surface area is 97.3 Å². The first-order chi connectivity index (χ1) is 7.66. The maximum atomic E-state index is 4.18. The lowest BCUT2D eigenvalue weighted by molar-refractivity contribution is 1.42. The Balaban J connectivity index is 2.39. The van der Waals surface area contributed by atoms with Crippen molar-refractivity contribution < 1.29 is 0 Å². The highest BCUT2D eigenvalue weighted by Crippen LogP contribution is 2.22. The lowest BCUT2D eigenvalue weighted by Gasteiger charge is -2.07. The normalized spacial score (nSPS) is 10.1. The van der Waals surface area contributed by atoms with Gasteiger partial charge in [-0.2, -0.15) is 0 Å². The quantitative estimate of drug-likeness (QED) is 0.687. The van der Waals surface area contributed by atoms with Gasteiger partial charge in [-0.15, -0.1) is 0 Å². The van der Waals surface area contributed by atoms with Crippen LogP contribution in [0.2, 0.25) is 0 Å². The van der Waals surface area contributed by atoms with E-state index in [1.165, 1.54) is 22.3 Å². The van der Waals surface area contributed by atoms with Crippen LogP contribution in [0.25, 0.3) is 5.57 Å². The molecule has 16 heavy (non-hydrogen) atoms. The lowest BCUT2D eigenvalue weighted by Crippen LogP contribution is -1.87. The van der Waals surface area contributed by atoms with Crippen LogP contribution >= 0.6 is 0 Å². The second-order valence-electron chi connectivity index (χ2n) is 4.22. The van der Waals surface area contributed by atoms with Gasteiger partial charge in [0.2, 0.25) is 0 Å². The molecule has 80 valence electrons. The highest BCUT2D eigenvalue weighted by atomic mass is 14.1. The number of hydrogen-bond acceptors (Lipinski definition) is 0. The van der Waals surface area contributed by atoms with Crippen LogP contribution in [0.15, 0.2) is 55.1 Å². The number of benzene rings is 2. The smallest absolute Gasteiger partial charge is 0.0181 e. The van der Waals surface area contributed by atoms with Crippen LogP contribution in [0.5, 0.6) is 0 Å². The molecule has 2 rings (SSSR count). The molecule has 0 saturated heterocycles. The van der Waals surface area contributed by atoms with Crippen molar-refractivity contribution in [3.05, 3.63) is 77.4 Å².